The lowest BCUT2D eigenvalue weighted by atomic mass is 9.77. The first-order valence-electron chi connectivity index (χ1n) is 12.2. The Morgan fingerprint density at radius 1 is 1.33 bits per heavy atom. The summed E-state index contributed by atoms with van der Waals surface area (Å²) >= 11 is 2.61. The minimum absolute atomic E-state index is 0.110. The molecule has 0 spiro atoms. The van der Waals surface area contributed by atoms with Crippen molar-refractivity contribution in [3.63, 3.8) is 0 Å². The van der Waals surface area contributed by atoms with Crippen molar-refractivity contribution in [2.24, 2.45) is 23.3 Å². The number of pyridine rings is 1. The van der Waals surface area contributed by atoms with Crippen LogP contribution < -0.4 is 21.1 Å². The van der Waals surface area contributed by atoms with E-state index in [1.54, 1.807) is 27.4 Å². The average Bonchev–Trinajstić information content (AvgIpc) is 3.51. The highest BCUT2D eigenvalue weighted by Gasteiger charge is 2.58. The van der Waals surface area contributed by atoms with Gasteiger partial charge in [0, 0.05) is 30.0 Å². The Kier molecular flexibility index (Phi) is 7.05. The lowest BCUT2D eigenvalue weighted by Gasteiger charge is -2.47. The van der Waals surface area contributed by atoms with Gasteiger partial charge >= 0.3 is 0 Å². The molecule has 3 aromatic heterocycles. The number of carbonyl (C=O) groups excluding carboxylic acids is 4. The zero-order chi connectivity index (χ0) is 28.2. The summed E-state index contributed by atoms with van der Waals surface area (Å²) in [5, 5.41) is 22.2. The van der Waals surface area contributed by atoms with Crippen molar-refractivity contribution in [1.82, 2.24) is 14.3 Å². The number of thiazole rings is 1. The summed E-state index contributed by atoms with van der Waals surface area (Å²) in [6.45, 7) is 3.65. The van der Waals surface area contributed by atoms with E-state index in [1.165, 1.54) is 47.4 Å². The fourth-order valence-electron chi connectivity index (χ4n) is 5.36. The number of aromatic nitrogens is 3. The second-order valence-corrected chi connectivity index (χ2v) is 11.8. The Labute approximate surface area is 230 Å². The Balaban J connectivity index is 1.54. The summed E-state index contributed by atoms with van der Waals surface area (Å²) in [7, 11) is 0. The van der Waals surface area contributed by atoms with Gasteiger partial charge in [-0.15, -0.1) is 23.1 Å². The molecule has 5 heterocycles. The topological polar surface area (TPSA) is 188 Å². The number of carboxylic acids is 1. The van der Waals surface area contributed by atoms with E-state index >= 15 is 0 Å². The second-order valence-electron chi connectivity index (χ2n) is 9.57. The quantitative estimate of drug-likeness (QED) is 0.116. The smallest absolute Gasteiger partial charge is 0.283 e. The van der Waals surface area contributed by atoms with Gasteiger partial charge in [-0.1, -0.05) is 6.92 Å². The summed E-state index contributed by atoms with van der Waals surface area (Å²) in [5.41, 5.74) is 11.6. The first-order valence-corrected chi connectivity index (χ1v) is 14.0. The summed E-state index contributed by atoms with van der Waals surface area (Å²) in [5.74, 6) is -3.34. The molecule has 5 rings (SSSR count). The fourth-order valence-corrected chi connectivity index (χ4v) is 7.35. The molecule has 4 atom stereocenters. The summed E-state index contributed by atoms with van der Waals surface area (Å²) in [4.78, 5) is 57.2. The number of hydrogen-bond acceptors (Lipinski definition) is 10. The first kappa shape index (κ1) is 27.0. The molecular formula is C25H26N6O6S2. The number of amides is 2. The summed E-state index contributed by atoms with van der Waals surface area (Å²) < 4.78 is 3.17. The number of aliphatic carboxylic acids is 1. The van der Waals surface area contributed by atoms with Gasteiger partial charge in [-0.2, -0.15) is 4.57 Å². The second kappa shape index (κ2) is 10.2. The van der Waals surface area contributed by atoms with E-state index in [4.69, 9.17) is 11.5 Å². The minimum atomic E-state index is -1.48. The first-order chi connectivity index (χ1) is 18.5. The Morgan fingerprint density at radius 3 is 2.72 bits per heavy atom. The maximum Gasteiger partial charge on any atom is 0.283 e. The molecule has 14 heteroatoms. The number of fused-ring (bicyclic) bond motifs is 2. The van der Waals surface area contributed by atoms with Crippen molar-refractivity contribution < 1.29 is 34.0 Å². The molecule has 2 amide bonds. The van der Waals surface area contributed by atoms with Crippen LogP contribution in [0.2, 0.25) is 0 Å². The maximum atomic E-state index is 13.6. The Morgan fingerprint density at radius 2 is 2.08 bits per heavy atom. The Bertz CT molecular complexity index is 1560. The number of primary amides is 1. The maximum absolute atomic E-state index is 13.6. The molecule has 2 aliphatic heterocycles. The molecular weight excluding hydrogens is 544 g/mol. The van der Waals surface area contributed by atoms with Crippen LogP contribution >= 0.6 is 23.1 Å². The van der Waals surface area contributed by atoms with Crippen LogP contribution in [-0.4, -0.2) is 67.4 Å². The molecule has 39 heavy (non-hydrogen) atoms. The zero-order valence-corrected chi connectivity index (χ0v) is 22.7. The van der Waals surface area contributed by atoms with Crippen LogP contribution in [0.25, 0.3) is 10.4 Å². The number of aliphatic hydroxyl groups excluding tert-OH is 1. The standard InChI is InChI=1S/C25H26N6O6S2/c1-11-17(21(25(36)37)31-20(11)18(12(2)32)23(31)35)15-8-30-10-28-19(24(30)39-15)22(34)13-5-14(38-4-3-26)7-29(6-13)9-16(27)33/h5-8,10-12,18,20,32H,3-4,9,26H2,1-2H3,(H2-,27,33,36,37)/t11-,12+,18+,20+/m0/s1. The van der Waals surface area contributed by atoms with Crippen molar-refractivity contribution in [1.29, 1.82) is 0 Å². The van der Waals surface area contributed by atoms with Gasteiger partial charge in [0.15, 0.2) is 12.4 Å². The van der Waals surface area contributed by atoms with Gasteiger partial charge in [0.05, 0.1) is 45.1 Å². The highest BCUT2D eigenvalue weighted by atomic mass is 32.2. The highest BCUT2D eigenvalue weighted by molar-refractivity contribution is 7.99. The van der Waals surface area contributed by atoms with E-state index in [9.17, 15) is 29.4 Å². The number of thioether (sulfide) groups is 1. The number of nitrogens with zero attached hydrogens (tertiary/aromatic N) is 4. The third kappa shape index (κ3) is 4.52. The van der Waals surface area contributed by atoms with Gasteiger partial charge < -0.3 is 31.4 Å². The number of nitrogens with two attached hydrogens (primary N) is 2. The minimum Gasteiger partial charge on any atom is -0.543 e. The molecule has 5 N–H and O–H groups in total. The largest absolute Gasteiger partial charge is 0.543 e. The molecule has 0 unspecified atom stereocenters. The molecule has 204 valence electrons. The van der Waals surface area contributed by atoms with E-state index in [1.807, 2.05) is 6.92 Å². The molecule has 0 saturated carbocycles. The predicted molar refractivity (Wildman–Crippen MR) is 139 cm³/mol. The number of β-lactam (4-membered cyclic amide) rings is 1. The van der Waals surface area contributed by atoms with E-state index in [0.717, 1.165) is 4.90 Å². The van der Waals surface area contributed by atoms with Crippen LogP contribution in [0.3, 0.4) is 0 Å². The van der Waals surface area contributed by atoms with Gasteiger partial charge in [0.25, 0.3) is 5.91 Å². The lowest BCUT2D eigenvalue weighted by molar-refractivity contribution is -0.686. The molecule has 0 radical (unpaired) electrons. The van der Waals surface area contributed by atoms with E-state index in [-0.39, 0.29) is 29.6 Å². The van der Waals surface area contributed by atoms with Crippen LogP contribution in [0.15, 0.2) is 41.6 Å². The molecule has 0 bridgehead atoms. The lowest BCUT2D eigenvalue weighted by Crippen LogP contribution is -2.64. The average molecular weight is 571 g/mol. The number of rotatable bonds is 10. The van der Waals surface area contributed by atoms with Crippen molar-refractivity contribution in [3.05, 3.63) is 52.8 Å². The van der Waals surface area contributed by atoms with Gasteiger partial charge in [0.1, 0.15) is 16.9 Å². The monoisotopic (exact) mass is 570 g/mol. The zero-order valence-electron chi connectivity index (χ0n) is 21.1. The van der Waals surface area contributed by atoms with Crippen LogP contribution in [0.1, 0.15) is 34.8 Å². The normalized spacial score (nSPS) is 21.3. The van der Waals surface area contributed by atoms with Crippen LogP contribution in [0.4, 0.5) is 0 Å². The number of ketones is 1. The molecule has 0 aromatic carbocycles. The number of carbonyl (C=O) groups is 4. The van der Waals surface area contributed by atoms with E-state index in [2.05, 4.69) is 4.98 Å². The summed E-state index contributed by atoms with van der Waals surface area (Å²) in [6, 6.07) is 1.21. The molecule has 0 aliphatic carbocycles. The number of hydrogen-bond donors (Lipinski definition) is 3. The van der Waals surface area contributed by atoms with Gasteiger partial charge in [-0.3, -0.25) is 18.8 Å². The van der Waals surface area contributed by atoms with Gasteiger partial charge in [-0.05, 0) is 13.0 Å². The summed E-state index contributed by atoms with van der Waals surface area (Å²) in [6.07, 6.45) is 5.46. The van der Waals surface area contributed by atoms with Crippen LogP contribution in [0.5, 0.6) is 0 Å². The SMILES string of the molecule is C[C@@H](O)[C@H]1C(=O)N2C(C(=O)[O-])=C(c3cn4cnc(C(=O)c5cc(SCCN)c[n+](CC(N)=O)c5)c4s3)[C@H](C)[C@H]12. The van der Waals surface area contributed by atoms with E-state index in [0.29, 0.717) is 33.1 Å². The molecule has 2 aliphatic rings. The van der Waals surface area contributed by atoms with Crippen molar-refractivity contribution in [2.75, 3.05) is 12.3 Å². The van der Waals surface area contributed by atoms with Crippen LogP contribution in [0, 0.1) is 11.8 Å². The fraction of sp³-hybridized carbons (Fsp3) is 0.360. The van der Waals surface area contributed by atoms with Gasteiger partial charge in [-0.25, -0.2) is 4.98 Å². The van der Waals surface area contributed by atoms with E-state index < -0.39 is 35.8 Å². The van der Waals surface area contributed by atoms with Crippen molar-refractivity contribution in [3.8, 4) is 0 Å². The van der Waals surface area contributed by atoms with Gasteiger partial charge in [0.2, 0.25) is 18.2 Å². The predicted octanol–water partition coefficient (Wildman–Crippen LogP) is -1.23. The Hall–Kier alpha value is -3.59. The highest BCUT2D eigenvalue weighted by Crippen LogP contribution is 2.51. The number of imidazole rings is 1. The van der Waals surface area contributed by atoms with Crippen LogP contribution in [-0.2, 0) is 20.9 Å². The number of aliphatic hydroxyl groups is 1. The molecule has 1 fully saturated rings. The molecule has 3 aromatic rings. The third-order valence-corrected chi connectivity index (χ3v) is 9.08. The molecule has 1 saturated heterocycles. The van der Waals surface area contributed by atoms with Crippen molar-refractivity contribution >= 4 is 57.1 Å². The number of carboxylic acid groups (broad SMARTS) is 1. The van der Waals surface area contributed by atoms with Crippen molar-refractivity contribution in [2.45, 2.75) is 37.4 Å². The molecule has 12 nitrogen and oxygen atoms in total. The third-order valence-electron chi connectivity index (χ3n) is 6.94.